The number of carboxylic acids is 1. The van der Waals surface area contributed by atoms with Gasteiger partial charge in [-0.2, -0.15) is 0 Å². The number of fused-ring (bicyclic) bond motifs is 1. The molecule has 0 spiro atoms. The highest BCUT2D eigenvalue weighted by atomic mass is 16.4. The first-order valence-corrected chi connectivity index (χ1v) is 5.77. The predicted molar refractivity (Wildman–Crippen MR) is 65.3 cm³/mol. The SMILES string of the molecule is O=C(O)CC1CN(c2ccc3nccnc3n2)C1. The van der Waals surface area contributed by atoms with Crippen LogP contribution in [0.3, 0.4) is 0 Å². The van der Waals surface area contributed by atoms with E-state index in [1.807, 2.05) is 12.1 Å². The standard InChI is InChI=1S/C12H12N4O2/c17-11(18)5-8-6-16(7-8)10-2-1-9-12(15-10)14-4-3-13-9/h1-4,8H,5-7H2,(H,17,18). The summed E-state index contributed by atoms with van der Waals surface area (Å²) in [6.45, 7) is 1.48. The van der Waals surface area contributed by atoms with Crippen LogP contribution in [0, 0.1) is 5.92 Å². The lowest BCUT2D eigenvalue weighted by molar-refractivity contribution is -0.138. The molecule has 2 aromatic rings. The van der Waals surface area contributed by atoms with Crippen LogP contribution in [-0.2, 0) is 4.79 Å². The smallest absolute Gasteiger partial charge is 0.303 e. The molecule has 1 N–H and O–H groups in total. The number of hydrogen-bond donors (Lipinski definition) is 1. The number of hydrogen-bond acceptors (Lipinski definition) is 5. The maximum atomic E-state index is 10.6. The summed E-state index contributed by atoms with van der Waals surface area (Å²) in [5.74, 6) is 0.323. The van der Waals surface area contributed by atoms with Gasteiger partial charge in [-0.05, 0) is 12.1 Å². The molecule has 0 amide bonds. The third-order valence-electron chi connectivity index (χ3n) is 3.06. The lowest BCUT2D eigenvalue weighted by Crippen LogP contribution is -2.48. The molecule has 92 valence electrons. The highest BCUT2D eigenvalue weighted by molar-refractivity contribution is 5.72. The molecule has 1 fully saturated rings. The van der Waals surface area contributed by atoms with E-state index in [4.69, 9.17) is 5.11 Å². The maximum absolute atomic E-state index is 10.6. The van der Waals surface area contributed by atoms with Crippen molar-refractivity contribution in [2.24, 2.45) is 5.92 Å². The van der Waals surface area contributed by atoms with Crippen LogP contribution >= 0.6 is 0 Å². The molecule has 0 saturated carbocycles. The van der Waals surface area contributed by atoms with E-state index in [2.05, 4.69) is 19.9 Å². The van der Waals surface area contributed by atoms with Gasteiger partial charge in [0.1, 0.15) is 11.3 Å². The van der Waals surface area contributed by atoms with E-state index in [-0.39, 0.29) is 12.3 Å². The Morgan fingerprint density at radius 2 is 2.11 bits per heavy atom. The summed E-state index contributed by atoms with van der Waals surface area (Å²) in [6, 6.07) is 3.78. The van der Waals surface area contributed by atoms with E-state index in [0.717, 1.165) is 24.4 Å². The molecule has 2 aromatic heterocycles. The van der Waals surface area contributed by atoms with Gasteiger partial charge in [-0.3, -0.25) is 9.78 Å². The Balaban J connectivity index is 1.74. The van der Waals surface area contributed by atoms with Crippen molar-refractivity contribution in [3.63, 3.8) is 0 Å². The molecule has 0 bridgehead atoms. The average Bonchev–Trinajstić information content (AvgIpc) is 2.32. The zero-order valence-corrected chi connectivity index (χ0v) is 9.65. The Kier molecular flexibility index (Phi) is 2.55. The zero-order valence-electron chi connectivity index (χ0n) is 9.65. The molecule has 3 heterocycles. The zero-order chi connectivity index (χ0) is 12.5. The highest BCUT2D eigenvalue weighted by Gasteiger charge is 2.29. The second kappa shape index (κ2) is 4.21. The molecule has 3 rings (SSSR count). The van der Waals surface area contributed by atoms with Gasteiger partial charge in [-0.15, -0.1) is 0 Å². The average molecular weight is 244 g/mol. The van der Waals surface area contributed by atoms with Crippen molar-refractivity contribution in [2.75, 3.05) is 18.0 Å². The molecule has 0 aliphatic carbocycles. The topological polar surface area (TPSA) is 79.2 Å². The first kappa shape index (κ1) is 10.9. The minimum atomic E-state index is -0.739. The van der Waals surface area contributed by atoms with Gasteiger partial charge >= 0.3 is 5.97 Å². The molecule has 6 nitrogen and oxygen atoms in total. The normalized spacial score (nSPS) is 15.7. The summed E-state index contributed by atoms with van der Waals surface area (Å²) in [7, 11) is 0. The number of aromatic nitrogens is 3. The number of carbonyl (C=O) groups is 1. The Hall–Kier alpha value is -2.24. The lowest BCUT2D eigenvalue weighted by Gasteiger charge is -2.39. The third-order valence-corrected chi connectivity index (χ3v) is 3.06. The predicted octanol–water partition coefficient (Wildman–Crippen LogP) is 0.936. The number of anilines is 1. The Morgan fingerprint density at radius 1 is 1.33 bits per heavy atom. The van der Waals surface area contributed by atoms with Gasteiger partial charge in [-0.25, -0.2) is 9.97 Å². The molecule has 0 radical (unpaired) electrons. The van der Waals surface area contributed by atoms with Crippen LogP contribution in [0.15, 0.2) is 24.5 Å². The van der Waals surface area contributed by atoms with Crippen molar-refractivity contribution in [3.8, 4) is 0 Å². The molecule has 1 aliphatic rings. The van der Waals surface area contributed by atoms with Crippen molar-refractivity contribution in [1.29, 1.82) is 0 Å². The number of pyridine rings is 1. The number of nitrogens with zero attached hydrogens (tertiary/aromatic N) is 4. The first-order chi connectivity index (χ1) is 8.72. The van der Waals surface area contributed by atoms with Gasteiger partial charge in [0, 0.05) is 31.4 Å². The van der Waals surface area contributed by atoms with E-state index in [1.54, 1.807) is 12.4 Å². The second-order valence-electron chi connectivity index (χ2n) is 4.44. The summed E-state index contributed by atoms with van der Waals surface area (Å²) < 4.78 is 0. The van der Waals surface area contributed by atoms with Crippen LogP contribution in [0.2, 0.25) is 0 Å². The van der Waals surface area contributed by atoms with Crippen LogP contribution in [0.25, 0.3) is 11.2 Å². The summed E-state index contributed by atoms with van der Waals surface area (Å²) in [5.41, 5.74) is 1.39. The fourth-order valence-corrected chi connectivity index (χ4v) is 2.15. The van der Waals surface area contributed by atoms with Crippen LogP contribution < -0.4 is 4.90 Å². The molecule has 0 atom stereocenters. The molecule has 1 aliphatic heterocycles. The van der Waals surface area contributed by atoms with E-state index >= 15 is 0 Å². The molecular formula is C12H12N4O2. The van der Waals surface area contributed by atoms with Crippen LogP contribution in [-0.4, -0.2) is 39.1 Å². The molecule has 0 aromatic carbocycles. The fourth-order valence-electron chi connectivity index (χ4n) is 2.15. The molecular weight excluding hydrogens is 232 g/mol. The molecule has 1 saturated heterocycles. The summed E-state index contributed by atoms with van der Waals surface area (Å²) >= 11 is 0. The van der Waals surface area contributed by atoms with Crippen molar-refractivity contribution in [2.45, 2.75) is 6.42 Å². The van der Waals surface area contributed by atoms with Gasteiger partial charge in [0.2, 0.25) is 0 Å². The summed E-state index contributed by atoms with van der Waals surface area (Å²) in [5, 5.41) is 8.69. The number of aliphatic carboxylic acids is 1. The van der Waals surface area contributed by atoms with E-state index in [0.29, 0.717) is 5.65 Å². The largest absolute Gasteiger partial charge is 0.481 e. The quantitative estimate of drug-likeness (QED) is 0.865. The van der Waals surface area contributed by atoms with Gasteiger partial charge < -0.3 is 10.0 Å². The third kappa shape index (κ3) is 1.97. The van der Waals surface area contributed by atoms with E-state index in [9.17, 15) is 4.79 Å². The van der Waals surface area contributed by atoms with Gasteiger partial charge in [0.15, 0.2) is 5.65 Å². The van der Waals surface area contributed by atoms with E-state index in [1.165, 1.54) is 0 Å². The molecule has 6 heteroatoms. The van der Waals surface area contributed by atoms with Crippen molar-refractivity contribution >= 4 is 23.0 Å². The fraction of sp³-hybridized carbons (Fsp3) is 0.333. The van der Waals surface area contributed by atoms with Gasteiger partial charge in [0.25, 0.3) is 0 Å². The minimum Gasteiger partial charge on any atom is -0.481 e. The van der Waals surface area contributed by atoms with Crippen molar-refractivity contribution in [3.05, 3.63) is 24.5 Å². The van der Waals surface area contributed by atoms with Crippen LogP contribution in [0.4, 0.5) is 5.82 Å². The lowest BCUT2D eigenvalue weighted by atomic mass is 9.96. The molecule has 18 heavy (non-hydrogen) atoms. The Labute approximate surface area is 103 Å². The van der Waals surface area contributed by atoms with E-state index < -0.39 is 5.97 Å². The Morgan fingerprint density at radius 3 is 2.89 bits per heavy atom. The minimum absolute atomic E-state index is 0.224. The van der Waals surface area contributed by atoms with Gasteiger partial charge in [-0.1, -0.05) is 0 Å². The van der Waals surface area contributed by atoms with Crippen molar-refractivity contribution in [1.82, 2.24) is 15.0 Å². The maximum Gasteiger partial charge on any atom is 0.303 e. The molecule has 0 unspecified atom stereocenters. The number of rotatable bonds is 3. The second-order valence-corrected chi connectivity index (χ2v) is 4.44. The Bertz CT molecular complexity index is 595. The number of carboxylic acid groups (broad SMARTS) is 1. The van der Waals surface area contributed by atoms with Gasteiger partial charge in [0.05, 0.1) is 6.42 Å². The highest BCUT2D eigenvalue weighted by Crippen LogP contribution is 2.25. The summed E-state index contributed by atoms with van der Waals surface area (Å²) in [6.07, 6.45) is 3.47. The first-order valence-electron chi connectivity index (χ1n) is 5.77. The van der Waals surface area contributed by atoms with Crippen LogP contribution in [0.1, 0.15) is 6.42 Å². The van der Waals surface area contributed by atoms with Crippen LogP contribution in [0.5, 0.6) is 0 Å². The summed E-state index contributed by atoms with van der Waals surface area (Å²) in [4.78, 5) is 25.4. The monoisotopic (exact) mass is 244 g/mol. The van der Waals surface area contributed by atoms with Crippen molar-refractivity contribution < 1.29 is 9.90 Å².